The maximum atomic E-state index is 5.67. The lowest BCUT2D eigenvalue weighted by molar-refractivity contribution is 0.0168. The number of hydrogen-bond acceptors (Lipinski definition) is 5. The fourth-order valence-electron chi connectivity index (χ4n) is 3.25. The summed E-state index contributed by atoms with van der Waals surface area (Å²) in [5, 5.41) is 15.2. The molecule has 2 aliphatic rings. The number of nitrogens with zero attached hydrogens (tertiary/aromatic N) is 4. The summed E-state index contributed by atoms with van der Waals surface area (Å²) < 4.78 is 13.4. The Balaban J connectivity index is 1.29. The maximum Gasteiger partial charge on any atom is 0.191 e. The molecule has 8 heteroatoms. The lowest BCUT2D eigenvalue weighted by atomic mass is 10.2. The van der Waals surface area contributed by atoms with Gasteiger partial charge in [0.15, 0.2) is 11.8 Å². The van der Waals surface area contributed by atoms with Crippen molar-refractivity contribution in [2.24, 2.45) is 4.99 Å². The Morgan fingerprint density at radius 3 is 3.12 bits per heavy atom. The number of aliphatic imine (C=N–C) groups is 1. The highest BCUT2D eigenvalue weighted by Gasteiger charge is 2.16. The van der Waals surface area contributed by atoms with E-state index in [1.807, 2.05) is 0 Å². The monoisotopic (exact) mass is 350 g/mol. The zero-order valence-electron chi connectivity index (χ0n) is 15.2. The molecule has 2 aliphatic heterocycles. The molecule has 0 radical (unpaired) electrons. The average molecular weight is 350 g/mol. The van der Waals surface area contributed by atoms with Gasteiger partial charge in [0.25, 0.3) is 0 Å². The quantitative estimate of drug-likeness (QED) is 0.411. The van der Waals surface area contributed by atoms with Crippen molar-refractivity contribution < 1.29 is 9.47 Å². The molecule has 25 heavy (non-hydrogen) atoms. The second-order valence-corrected chi connectivity index (χ2v) is 6.56. The van der Waals surface area contributed by atoms with Crippen LogP contribution >= 0.6 is 0 Å². The van der Waals surface area contributed by atoms with Crippen LogP contribution in [0.4, 0.5) is 0 Å². The van der Waals surface area contributed by atoms with E-state index in [4.69, 9.17) is 9.47 Å². The second-order valence-electron chi connectivity index (χ2n) is 6.56. The summed E-state index contributed by atoms with van der Waals surface area (Å²) in [6, 6.07) is 0. The van der Waals surface area contributed by atoms with Gasteiger partial charge >= 0.3 is 0 Å². The fourth-order valence-corrected chi connectivity index (χ4v) is 3.25. The van der Waals surface area contributed by atoms with E-state index in [9.17, 15) is 0 Å². The summed E-state index contributed by atoms with van der Waals surface area (Å²) in [6.45, 7) is 4.82. The SMILES string of the molecule is CN=C(NCCCOCC1CCCO1)NCc1nnc2n1CCCC2. The highest BCUT2D eigenvalue weighted by atomic mass is 16.5. The molecular weight excluding hydrogens is 320 g/mol. The predicted octanol–water partition coefficient (Wildman–Crippen LogP) is 0.865. The van der Waals surface area contributed by atoms with Gasteiger partial charge < -0.3 is 24.7 Å². The minimum absolute atomic E-state index is 0.302. The van der Waals surface area contributed by atoms with Crippen LogP contribution in [0.15, 0.2) is 4.99 Å². The van der Waals surface area contributed by atoms with Gasteiger partial charge in [-0.3, -0.25) is 4.99 Å². The van der Waals surface area contributed by atoms with Crippen LogP contribution < -0.4 is 10.6 Å². The smallest absolute Gasteiger partial charge is 0.191 e. The minimum atomic E-state index is 0.302. The summed E-state index contributed by atoms with van der Waals surface area (Å²) in [4.78, 5) is 4.26. The molecule has 0 aromatic carbocycles. The minimum Gasteiger partial charge on any atom is -0.379 e. The van der Waals surface area contributed by atoms with Gasteiger partial charge in [0, 0.05) is 39.8 Å². The van der Waals surface area contributed by atoms with Crippen LogP contribution in [0.25, 0.3) is 0 Å². The molecule has 3 rings (SSSR count). The van der Waals surface area contributed by atoms with E-state index in [0.29, 0.717) is 19.3 Å². The molecule has 2 N–H and O–H groups in total. The normalized spacial score (nSPS) is 20.5. The second kappa shape index (κ2) is 9.72. The van der Waals surface area contributed by atoms with Crippen LogP contribution in [-0.2, 0) is 29.0 Å². The largest absolute Gasteiger partial charge is 0.379 e. The number of ether oxygens (including phenoxy) is 2. The lowest BCUT2D eigenvalue weighted by Crippen LogP contribution is -2.38. The van der Waals surface area contributed by atoms with Crippen molar-refractivity contribution in [3.05, 3.63) is 11.6 Å². The molecule has 1 unspecified atom stereocenters. The molecular formula is C17H30N6O2. The summed E-state index contributed by atoms with van der Waals surface area (Å²) in [5.41, 5.74) is 0. The summed E-state index contributed by atoms with van der Waals surface area (Å²) in [7, 11) is 1.78. The van der Waals surface area contributed by atoms with Crippen molar-refractivity contribution >= 4 is 5.96 Å². The summed E-state index contributed by atoms with van der Waals surface area (Å²) in [6.07, 6.45) is 6.98. The van der Waals surface area contributed by atoms with Crippen molar-refractivity contribution in [3.8, 4) is 0 Å². The van der Waals surface area contributed by atoms with E-state index >= 15 is 0 Å². The van der Waals surface area contributed by atoms with E-state index < -0.39 is 0 Å². The Kier molecular flexibility index (Phi) is 7.05. The Hall–Kier alpha value is -1.67. The molecule has 0 spiro atoms. The van der Waals surface area contributed by atoms with Gasteiger partial charge in [0.2, 0.25) is 0 Å². The van der Waals surface area contributed by atoms with Crippen molar-refractivity contribution in [3.63, 3.8) is 0 Å². The molecule has 1 aromatic rings. The molecule has 0 bridgehead atoms. The summed E-state index contributed by atoms with van der Waals surface area (Å²) >= 11 is 0. The van der Waals surface area contributed by atoms with E-state index in [1.54, 1.807) is 7.05 Å². The Labute approximate surface area is 149 Å². The van der Waals surface area contributed by atoms with Gasteiger partial charge in [-0.05, 0) is 32.1 Å². The molecule has 0 aliphatic carbocycles. The van der Waals surface area contributed by atoms with Gasteiger partial charge in [-0.25, -0.2) is 0 Å². The number of guanidine groups is 1. The highest BCUT2D eigenvalue weighted by Crippen LogP contribution is 2.14. The van der Waals surface area contributed by atoms with Crippen molar-refractivity contribution in [2.45, 2.75) is 57.7 Å². The summed E-state index contributed by atoms with van der Waals surface area (Å²) in [5.74, 6) is 2.87. The van der Waals surface area contributed by atoms with Crippen LogP contribution in [0.5, 0.6) is 0 Å². The third kappa shape index (κ3) is 5.40. The van der Waals surface area contributed by atoms with Crippen LogP contribution in [0.2, 0.25) is 0 Å². The molecule has 1 fully saturated rings. The third-order valence-electron chi connectivity index (χ3n) is 4.66. The first kappa shape index (κ1) is 18.1. The van der Waals surface area contributed by atoms with Crippen LogP contribution in [-0.4, -0.2) is 60.2 Å². The lowest BCUT2D eigenvalue weighted by Gasteiger charge is -2.16. The zero-order valence-corrected chi connectivity index (χ0v) is 15.2. The topological polar surface area (TPSA) is 85.6 Å². The predicted molar refractivity (Wildman–Crippen MR) is 95.6 cm³/mol. The van der Waals surface area contributed by atoms with Crippen LogP contribution in [0, 0.1) is 0 Å². The van der Waals surface area contributed by atoms with E-state index in [0.717, 1.165) is 69.6 Å². The Bertz CT molecular complexity index is 553. The number of rotatable bonds is 8. The molecule has 1 aromatic heterocycles. The number of aryl methyl sites for hydroxylation is 1. The van der Waals surface area contributed by atoms with Gasteiger partial charge in [-0.1, -0.05) is 0 Å². The molecule has 140 valence electrons. The molecule has 0 amide bonds. The molecule has 1 atom stereocenters. The zero-order chi connectivity index (χ0) is 17.3. The van der Waals surface area contributed by atoms with Crippen molar-refractivity contribution in [2.75, 3.05) is 33.4 Å². The molecule has 0 saturated carbocycles. The number of fused-ring (bicyclic) bond motifs is 1. The third-order valence-corrected chi connectivity index (χ3v) is 4.66. The van der Waals surface area contributed by atoms with Gasteiger partial charge in [0.1, 0.15) is 5.82 Å². The first-order valence-electron chi connectivity index (χ1n) is 9.41. The van der Waals surface area contributed by atoms with Gasteiger partial charge in [-0.2, -0.15) is 0 Å². The molecule has 1 saturated heterocycles. The number of aromatic nitrogens is 3. The first-order chi connectivity index (χ1) is 12.4. The van der Waals surface area contributed by atoms with Crippen molar-refractivity contribution in [1.82, 2.24) is 25.4 Å². The van der Waals surface area contributed by atoms with Crippen molar-refractivity contribution in [1.29, 1.82) is 0 Å². The number of nitrogens with one attached hydrogen (secondary N) is 2. The average Bonchev–Trinajstić information content (AvgIpc) is 3.30. The van der Waals surface area contributed by atoms with Crippen LogP contribution in [0.3, 0.4) is 0 Å². The maximum absolute atomic E-state index is 5.67. The van der Waals surface area contributed by atoms with E-state index in [1.165, 1.54) is 12.8 Å². The Morgan fingerprint density at radius 1 is 1.32 bits per heavy atom. The fraction of sp³-hybridized carbons (Fsp3) is 0.824. The standard InChI is InChI=1S/C17H30N6O2/c1-18-17(19-8-5-10-24-13-14-6-4-11-25-14)20-12-16-22-21-15-7-2-3-9-23(15)16/h14H,2-13H2,1H3,(H2,18,19,20). The molecule has 3 heterocycles. The van der Waals surface area contributed by atoms with Gasteiger partial charge in [-0.15, -0.1) is 10.2 Å². The van der Waals surface area contributed by atoms with E-state index in [2.05, 4.69) is 30.4 Å². The van der Waals surface area contributed by atoms with Gasteiger partial charge in [0.05, 0.1) is 19.3 Å². The first-order valence-corrected chi connectivity index (χ1v) is 9.41. The van der Waals surface area contributed by atoms with E-state index in [-0.39, 0.29) is 0 Å². The Morgan fingerprint density at radius 2 is 2.28 bits per heavy atom. The highest BCUT2D eigenvalue weighted by molar-refractivity contribution is 5.79. The van der Waals surface area contributed by atoms with Crippen LogP contribution in [0.1, 0.15) is 43.8 Å². The molecule has 8 nitrogen and oxygen atoms in total. The number of hydrogen-bond donors (Lipinski definition) is 2.